The molecule has 0 aliphatic carbocycles. The maximum atomic E-state index is 13.0. The van der Waals surface area contributed by atoms with Crippen molar-refractivity contribution in [2.75, 3.05) is 6.54 Å². The van der Waals surface area contributed by atoms with Crippen molar-refractivity contribution in [2.24, 2.45) is 14.1 Å². The van der Waals surface area contributed by atoms with Crippen LogP contribution >= 0.6 is 0 Å². The van der Waals surface area contributed by atoms with Gasteiger partial charge in [-0.15, -0.1) is 0 Å². The molecule has 0 saturated carbocycles. The van der Waals surface area contributed by atoms with Gasteiger partial charge in [0.15, 0.2) is 17.0 Å². The molecule has 3 aromatic rings. The van der Waals surface area contributed by atoms with Crippen LogP contribution < -0.4 is 16.1 Å². The first-order chi connectivity index (χ1) is 14.0. The van der Waals surface area contributed by atoms with Gasteiger partial charge in [-0.25, -0.2) is 9.78 Å². The molecule has 0 radical (unpaired) electrons. The highest BCUT2D eigenvalue weighted by Gasteiger charge is 2.28. The highest BCUT2D eigenvalue weighted by molar-refractivity contribution is 5.71. The van der Waals surface area contributed by atoms with Crippen molar-refractivity contribution in [1.29, 1.82) is 0 Å². The first-order valence-corrected chi connectivity index (χ1v) is 10.5. The van der Waals surface area contributed by atoms with Gasteiger partial charge in [-0.1, -0.05) is 37.3 Å². The van der Waals surface area contributed by atoms with Crippen LogP contribution in [0.15, 0.2) is 39.9 Å². The number of imidazole rings is 1. The summed E-state index contributed by atoms with van der Waals surface area (Å²) < 4.78 is 4.70. The second kappa shape index (κ2) is 7.99. The number of likely N-dealkylation sites (tertiary alicyclic amines) is 1. The second-order valence-electron chi connectivity index (χ2n) is 8.16. The van der Waals surface area contributed by atoms with Crippen molar-refractivity contribution < 1.29 is 4.90 Å². The second-order valence-corrected chi connectivity index (χ2v) is 8.16. The van der Waals surface area contributed by atoms with Crippen LogP contribution in [0.2, 0.25) is 0 Å². The molecule has 1 aliphatic heterocycles. The molecule has 0 bridgehead atoms. The van der Waals surface area contributed by atoms with E-state index in [0.717, 1.165) is 30.9 Å². The Hall–Kier alpha value is -2.67. The Balaban J connectivity index is 1.87. The normalized spacial score (nSPS) is 19.7. The average Bonchev–Trinajstić information content (AvgIpc) is 3.10. The van der Waals surface area contributed by atoms with Gasteiger partial charge in [0.25, 0.3) is 5.56 Å². The van der Waals surface area contributed by atoms with Gasteiger partial charge in [0, 0.05) is 20.6 Å². The monoisotopic (exact) mass is 396 g/mol. The molecule has 1 aliphatic rings. The first kappa shape index (κ1) is 19.6. The predicted octanol–water partition coefficient (Wildman–Crippen LogP) is 0.829. The number of hydrogen-bond acceptors (Lipinski definition) is 3. The van der Waals surface area contributed by atoms with E-state index in [2.05, 4.69) is 19.1 Å². The minimum atomic E-state index is -0.338. The number of aromatic nitrogens is 4. The van der Waals surface area contributed by atoms with Crippen molar-refractivity contribution in [3.63, 3.8) is 0 Å². The van der Waals surface area contributed by atoms with Crippen LogP contribution in [0.25, 0.3) is 11.2 Å². The molecule has 1 aromatic carbocycles. The van der Waals surface area contributed by atoms with Crippen molar-refractivity contribution in [1.82, 2.24) is 18.7 Å². The first-order valence-electron chi connectivity index (χ1n) is 10.5. The zero-order valence-corrected chi connectivity index (χ0v) is 17.5. The van der Waals surface area contributed by atoms with Gasteiger partial charge >= 0.3 is 5.69 Å². The standard InChI is InChI=1S/C22H29N5O2/c1-4-17-12-8-9-13-26(17)15-18-23-20-19(21(28)25(3)22(29)24(20)2)27(18)14-16-10-6-5-7-11-16/h5-7,10-11,17H,4,8-9,12-15H2,1-3H3/p+1/t17-/m0/s1. The Bertz CT molecular complexity index is 1130. The third kappa shape index (κ3) is 3.55. The number of fused-ring (bicyclic) bond motifs is 1. The fourth-order valence-electron chi connectivity index (χ4n) is 4.64. The van der Waals surface area contributed by atoms with Gasteiger partial charge in [0.05, 0.1) is 12.6 Å². The summed E-state index contributed by atoms with van der Waals surface area (Å²) in [5.74, 6) is 0.887. The summed E-state index contributed by atoms with van der Waals surface area (Å²) in [5, 5.41) is 0. The van der Waals surface area contributed by atoms with Crippen molar-refractivity contribution in [3.05, 3.63) is 62.6 Å². The van der Waals surface area contributed by atoms with E-state index in [1.807, 2.05) is 22.8 Å². The molecule has 1 unspecified atom stereocenters. The van der Waals surface area contributed by atoms with Crippen LogP contribution in [0.3, 0.4) is 0 Å². The minimum Gasteiger partial charge on any atom is -0.326 e. The van der Waals surface area contributed by atoms with Crippen LogP contribution in [-0.2, 0) is 27.2 Å². The Morgan fingerprint density at radius 2 is 1.86 bits per heavy atom. The lowest BCUT2D eigenvalue weighted by molar-refractivity contribution is -0.944. The highest BCUT2D eigenvalue weighted by Crippen LogP contribution is 2.15. The summed E-state index contributed by atoms with van der Waals surface area (Å²) in [6, 6.07) is 10.7. The molecule has 1 N–H and O–H groups in total. The Morgan fingerprint density at radius 1 is 1.10 bits per heavy atom. The van der Waals surface area contributed by atoms with Crippen LogP contribution in [0, 0.1) is 0 Å². The Kier molecular flexibility index (Phi) is 5.41. The number of nitrogens with zero attached hydrogens (tertiary/aromatic N) is 4. The number of nitrogens with one attached hydrogen (secondary N) is 1. The molecule has 0 amide bonds. The molecule has 1 saturated heterocycles. The van der Waals surface area contributed by atoms with E-state index < -0.39 is 0 Å². The molecule has 3 heterocycles. The number of rotatable bonds is 5. The highest BCUT2D eigenvalue weighted by atomic mass is 16.2. The van der Waals surface area contributed by atoms with E-state index >= 15 is 0 Å². The summed E-state index contributed by atoms with van der Waals surface area (Å²) in [7, 11) is 3.23. The van der Waals surface area contributed by atoms with E-state index in [1.54, 1.807) is 7.05 Å². The van der Waals surface area contributed by atoms with Gasteiger partial charge in [-0.2, -0.15) is 0 Å². The van der Waals surface area contributed by atoms with E-state index in [9.17, 15) is 9.59 Å². The van der Waals surface area contributed by atoms with E-state index in [0.29, 0.717) is 23.8 Å². The van der Waals surface area contributed by atoms with Gasteiger partial charge in [-0.3, -0.25) is 13.9 Å². The quantitative estimate of drug-likeness (QED) is 0.695. The molecule has 0 spiro atoms. The number of piperidine rings is 1. The van der Waals surface area contributed by atoms with E-state index in [-0.39, 0.29) is 11.2 Å². The number of benzene rings is 1. The molecule has 4 rings (SSSR count). The predicted molar refractivity (Wildman–Crippen MR) is 113 cm³/mol. The van der Waals surface area contributed by atoms with Crippen LogP contribution in [0.4, 0.5) is 0 Å². The fraction of sp³-hybridized carbons (Fsp3) is 0.500. The number of hydrogen-bond donors (Lipinski definition) is 1. The van der Waals surface area contributed by atoms with Crippen molar-refractivity contribution in [3.8, 4) is 0 Å². The molecule has 154 valence electrons. The Morgan fingerprint density at radius 3 is 2.59 bits per heavy atom. The van der Waals surface area contributed by atoms with E-state index in [4.69, 9.17) is 4.98 Å². The summed E-state index contributed by atoms with van der Waals surface area (Å²) in [6.07, 6.45) is 4.90. The zero-order chi connectivity index (χ0) is 20.5. The van der Waals surface area contributed by atoms with Gasteiger partial charge in [0.1, 0.15) is 6.54 Å². The van der Waals surface area contributed by atoms with Crippen molar-refractivity contribution in [2.45, 2.75) is 51.7 Å². The summed E-state index contributed by atoms with van der Waals surface area (Å²) >= 11 is 0. The third-order valence-electron chi connectivity index (χ3n) is 6.37. The maximum Gasteiger partial charge on any atom is 0.332 e. The lowest BCUT2D eigenvalue weighted by atomic mass is 10.00. The summed E-state index contributed by atoms with van der Waals surface area (Å²) in [5.41, 5.74) is 1.49. The smallest absolute Gasteiger partial charge is 0.326 e. The number of aryl methyl sites for hydroxylation is 1. The molecule has 29 heavy (non-hydrogen) atoms. The largest absolute Gasteiger partial charge is 0.332 e. The molecule has 2 aromatic heterocycles. The summed E-state index contributed by atoms with van der Waals surface area (Å²) in [4.78, 5) is 31.8. The van der Waals surface area contributed by atoms with Gasteiger partial charge in [-0.05, 0) is 31.2 Å². The zero-order valence-electron chi connectivity index (χ0n) is 17.5. The lowest BCUT2D eigenvalue weighted by Gasteiger charge is -2.31. The average molecular weight is 397 g/mol. The molecular formula is C22H30N5O2+. The molecular weight excluding hydrogens is 366 g/mol. The maximum absolute atomic E-state index is 13.0. The minimum absolute atomic E-state index is 0.279. The molecule has 7 heteroatoms. The molecule has 1 fully saturated rings. The Labute approximate surface area is 170 Å². The number of quaternary nitrogens is 1. The molecule has 2 atom stereocenters. The SMILES string of the molecule is CC[C@H]1CCCC[NH+]1Cc1nc2c(c(=O)n(C)c(=O)n2C)n1Cc1ccccc1. The fourth-order valence-corrected chi connectivity index (χ4v) is 4.64. The van der Waals surface area contributed by atoms with Crippen LogP contribution in [-0.4, -0.2) is 31.3 Å². The van der Waals surface area contributed by atoms with Gasteiger partial charge < -0.3 is 9.47 Å². The third-order valence-corrected chi connectivity index (χ3v) is 6.37. The lowest BCUT2D eigenvalue weighted by Crippen LogP contribution is -3.15. The van der Waals surface area contributed by atoms with Crippen LogP contribution in [0.1, 0.15) is 44.0 Å². The molecule has 7 nitrogen and oxygen atoms in total. The van der Waals surface area contributed by atoms with Gasteiger partial charge in [0.2, 0.25) is 0 Å². The van der Waals surface area contributed by atoms with Crippen molar-refractivity contribution >= 4 is 11.2 Å². The summed E-state index contributed by atoms with van der Waals surface area (Å²) in [6.45, 7) is 4.73. The van der Waals surface area contributed by atoms with E-state index in [1.165, 1.54) is 40.3 Å². The topological polar surface area (TPSA) is 66.3 Å². The van der Waals surface area contributed by atoms with Crippen LogP contribution in [0.5, 0.6) is 0 Å².